The number of aryl methyl sites for hydroxylation is 2. The molecule has 0 bridgehead atoms. The largest absolute Gasteiger partial charge is 0.368 e. The summed E-state index contributed by atoms with van der Waals surface area (Å²) in [6, 6.07) is 4.15. The zero-order valence-corrected chi connectivity index (χ0v) is 13.4. The van der Waals surface area contributed by atoms with Gasteiger partial charge in [-0.25, -0.2) is 4.39 Å². The second-order valence-corrected chi connectivity index (χ2v) is 7.15. The average Bonchev–Trinajstić information content (AvgIpc) is 2.51. The van der Waals surface area contributed by atoms with Crippen molar-refractivity contribution in [2.24, 2.45) is 0 Å². The van der Waals surface area contributed by atoms with E-state index in [-0.39, 0.29) is 17.0 Å². The van der Waals surface area contributed by atoms with E-state index in [9.17, 15) is 4.39 Å². The molecular formula is C17H26FNO. The highest BCUT2D eigenvalue weighted by molar-refractivity contribution is 5.30. The van der Waals surface area contributed by atoms with E-state index in [0.29, 0.717) is 17.2 Å². The molecule has 2 rings (SSSR count). The van der Waals surface area contributed by atoms with Crippen molar-refractivity contribution < 1.29 is 9.13 Å². The maximum atomic E-state index is 13.6. The lowest BCUT2D eigenvalue weighted by Gasteiger charge is -2.28. The lowest BCUT2D eigenvalue weighted by atomic mass is 9.94. The van der Waals surface area contributed by atoms with Crippen molar-refractivity contribution in [1.29, 1.82) is 0 Å². The van der Waals surface area contributed by atoms with Crippen LogP contribution >= 0.6 is 0 Å². The smallest absolute Gasteiger partial charge is 0.129 e. The molecule has 1 atom stereocenters. The van der Waals surface area contributed by atoms with Gasteiger partial charge in [0.05, 0.1) is 11.2 Å². The van der Waals surface area contributed by atoms with Crippen LogP contribution in [0, 0.1) is 19.7 Å². The fourth-order valence-electron chi connectivity index (χ4n) is 3.26. The zero-order chi connectivity index (χ0) is 15.1. The highest BCUT2D eigenvalue weighted by Crippen LogP contribution is 2.37. The predicted molar refractivity (Wildman–Crippen MR) is 80.4 cm³/mol. The first-order chi connectivity index (χ1) is 9.11. The summed E-state index contributed by atoms with van der Waals surface area (Å²) >= 11 is 0. The van der Waals surface area contributed by atoms with Crippen molar-refractivity contribution in [3.8, 4) is 0 Å². The van der Waals surface area contributed by atoms with Gasteiger partial charge in [0.25, 0.3) is 0 Å². The Morgan fingerprint density at radius 2 is 1.75 bits per heavy atom. The second kappa shape index (κ2) is 5.12. The molecule has 1 aromatic rings. The third kappa shape index (κ3) is 3.21. The van der Waals surface area contributed by atoms with Gasteiger partial charge in [0.2, 0.25) is 0 Å². The maximum absolute atomic E-state index is 13.6. The Kier molecular flexibility index (Phi) is 3.96. The van der Waals surface area contributed by atoms with Crippen LogP contribution in [0.4, 0.5) is 4.39 Å². The van der Waals surface area contributed by atoms with Crippen LogP contribution in [0.15, 0.2) is 12.1 Å². The van der Waals surface area contributed by atoms with E-state index in [1.54, 1.807) is 0 Å². The summed E-state index contributed by atoms with van der Waals surface area (Å²) < 4.78 is 19.7. The van der Waals surface area contributed by atoms with E-state index in [1.807, 2.05) is 26.0 Å². The summed E-state index contributed by atoms with van der Waals surface area (Å²) in [5.41, 5.74) is 2.29. The molecule has 20 heavy (non-hydrogen) atoms. The van der Waals surface area contributed by atoms with Gasteiger partial charge in [-0.05, 0) is 64.7 Å². The fourth-order valence-corrected chi connectivity index (χ4v) is 3.26. The molecular weight excluding hydrogens is 253 g/mol. The van der Waals surface area contributed by atoms with E-state index in [1.165, 1.54) is 0 Å². The van der Waals surface area contributed by atoms with Gasteiger partial charge < -0.3 is 10.1 Å². The molecule has 0 saturated carbocycles. The number of hydrogen-bond acceptors (Lipinski definition) is 2. The molecule has 1 fully saturated rings. The predicted octanol–water partition coefficient (Wildman–Crippen LogP) is 3.88. The number of ether oxygens (including phenoxy) is 1. The van der Waals surface area contributed by atoms with E-state index in [2.05, 4.69) is 33.0 Å². The SMILES string of the molecule is Cc1cc(CNC2CC(C)(C)OC2(C)C)cc(C)c1F. The molecule has 1 aliphatic rings. The highest BCUT2D eigenvalue weighted by atomic mass is 19.1. The van der Waals surface area contributed by atoms with Gasteiger partial charge >= 0.3 is 0 Å². The van der Waals surface area contributed by atoms with Gasteiger partial charge in [-0.1, -0.05) is 12.1 Å². The minimum Gasteiger partial charge on any atom is -0.368 e. The van der Waals surface area contributed by atoms with Crippen molar-refractivity contribution in [2.45, 2.75) is 71.8 Å². The van der Waals surface area contributed by atoms with Crippen molar-refractivity contribution in [2.75, 3.05) is 0 Å². The molecule has 0 amide bonds. The van der Waals surface area contributed by atoms with Crippen LogP contribution in [0.2, 0.25) is 0 Å². The first-order valence-corrected chi connectivity index (χ1v) is 7.30. The van der Waals surface area contributed by atoms with Crippen LogP contribution in [0.1, 0.15) is 50.8 Å². The third-order valence-electron chi connectivity index (χ3n) is 4.12. The second-order valence-electron chi connectivity index (χ2n) is 7.15. The highest BCUT2D eigenvalue weighted by Gasteiger charge is 2.45. The molecule has 0 aromatic heterocycles. The van der Waals surface area contributed by atoms with Crippen molar-refractivity contribution in [1.82, 2.24) is 5.32 Å². The summed E-state index contributed by atoms with van der Waals surface area (Å²) in [6.07, 6.45) is 0.985. The summed E-state index contributed by atoms with van der Waals surface area (Å²) in [6.45, 7) is 12.9. The van der Waals surface area contributed by atoms with Crippen LogP contribution in [0.5, 0.6) is 0 Å². The van der Waals surface area contributed by atoms with E-state index in [4.69, 9.17) is 4.74 Å². The molecule has 1 heterocycles. The van der Waals surface area contributed by atoms with Crippen LogP contribution < -0.4 is 5.32 Å². The topological polar surface area (TPSA) is 21.3 Å². The molecule has 1 aromatic carbocycles. The number of rotatable bonds is 3. The Balaban J connectivity index is 2.06. The Morgan fingerprint density at radius 1 is 1.20 bits per heavy atom. The van der Waals surface area contributed by atoms with Crippen molar-refractivity contribution >= 4 is 0 Å². The molecule has 3 heteroatoms. The van der Waals surface area contributed by atoms with Gasteiger partial charge in [0.1, 0.15) is 5.82 Å². The van der Waals surface area contributed by atoms with Crippen LogP contribution in [-0.2, 0) is 11.3 Å². The van der Waals surface area contributed by atoms with Gasteiger partial charge in [0, 0.05) is 12.6 Å². The number of hydrogen-bond donors (Lipinski definition) is 1. The fraction of sp³-hybridized carbons (Fsp3) is 0.647. The summed E-state index contributed by atoms with van der Waals surface area (Å²) in [5.74, 6) is -0.0978. The van der Waals surface area contributed by atoms with Gasteiger partial charge in [-0.3, -0.25) is 0 Å². The van der Waals surface area contributed by atoms with Gasteiger partial charge in [-0.2, -0.15) is 0 Å². The summed E-state index contributed by atoms with van der Waals surface area (Å²) in [7, 11) is 0. The Hall–Kier alpha value is -0.930. The molecule has 1 unspecified atom stereocenters. The van der Waals surface area contributed by atoms with Crippen molar-refractivity contribution in [3.05, 3.63) is 34.6 Å². The molecule has 1 aliphatic heterocycles. The molecule has 1 N–H and O–H groups in total. The van der Waals surface area contributed by atoms with Gasteiger partial charge in [-0.15, -0.1) is 0 Å². The molecule has 112 valence electrons. The zero-order valence-electron chi connectivity index (χ0n) is 13.4. The quantitative estimate of drug-likeness (QED) is 0.906. The number of nitrogens with one attached hydrogen (secondary N) is 1. The third-order valence-corrected chi connectivity index (χ3v) is 4.12. The van der Waals surface area contributed by atoms with E-state index < -0.39 is 0 Å². The monoisotopic (exact) mass is 279 g/mol. The normalized spacial score (nSPS) is 24.1. The van der Waals surface area contributed by atoms with Crippen LogP contribution in [0.25, 0.3) is 0 Å². The first kappa shape index (κ1) is 15.5. The lowest BCUT2D eigenvalue weighted by Crippen LogP contribution is -2.42. The van der Waals surface area contributed by atoms with E-state index in [0.717, 1.165) is 18.5 Å². The molecule has 0 aliphatic carbocycles. The molecule has 2 nitrogen and oxygen atoms in total. The first-order valence-electron chi connectivity index (χ1n) is 7.30. The molecule has 0 spiro atoms. The summed E-state index contributed by atoms with van der Waals surface area (Å²) in [5, 5.41) is 3.57. The minimum absolute atomic E-state index is 0.0875. The van der Waals surface area contributed by atoms with Crippen molar-refractivity contribution in [3.63, 3.8) is 0 Å². The molecule has 0 radical (unpaired) electrons. The Labute approximate surface area is 121 Å². The number of halogens is 1. The van der Waals surface area contributed by atoms with Crippen LogP contribution in [0.3, 0.4) is 0 Å². The summed E-state index contributed by atoms with van der Waals surface area (Å²) in [4.78, 5) is 0. The minimum atomic E-state index is -0.173. The van der Waals surface area contributed by atoms with Gasteiger partial charge in [0.15, 0.2) is 0 Å². The maximum Gasteiger partial charge on any atom is 0.129 e. The lowest BCUT2D eigenvalue weighted by molar-refractivity contribution is -0.0699. The van der Waals surface area contributed by atoms with E-state index >= 15 is 0 Å². The Morgan fingerprint density at radius 3 is 2.20 bits per heavy atom. The van der Waals surface area contributed by atoms with Crippen LogP contribution in [-0.4, -0.2) is 17.2 Å². The Bertz CT molecular complexity index is 485. The molecule has 1 saturated heterocycles. The number of benzene rings is 1. The standard InChI is InChI=1S/C17H26FNO/c1-11-7-13(8-12(2)15(11)18)10-19-14-9-16(3,4)20-17(14,5)6/h7-8,14,19H,9-10H2,1-6H3. The average molecular weight is 279 g/mol.